The van der Waals surface area contributed by atoms with Crippen LogP contribution in [0.5, 0.6) is 0 Å². The molecule has 12 nitrogen and oxygen atoms in total. The highest BCUT2D eigenvalue weighted by Crippen LogP contribution is 2.30. The third kappa shape index (κ3) is 10.5. The van der Waals surface area contributed by atoms with E-state index in [1.807, 2.05) is 78.2 Å². The molecule has 4 atom stereocenters. The van der Waals surface area contributed by atoms with Gasteiger partial charge in [-0.25, -0.2) is 9.78 Å². The molecule has 1 aromatic carbocycles. The molecule has 0 spiro atoms. The van der Waals surface area contributed by atoms with E-state index in [1.165, 1.54) is 4.90 Å². The summed E-state index contributed by atoms with van der Waals surface area (Å²) in [5, 5.41) is 16.4. The van der Waals surface area contributed by atoms with Crippen LogP contribution in [-0.4, -0.2) is 100 Å². The molecule has 2 aliphatic heterocycles. The van der Waals surface area contributed by atoms with Crippen LogP contribution in [0.3, 0.4) is 0 Å². The highest BCUT2D eigenvalue weighted by atomic mass is 32.1. The Labute approximate surface area is 300 Å². The second-order valence-electron chi connectivity index (χ2n) is 15.5. The van der Waals surface area contributed by atoms with Crippen molar-refractivity contribution in [3.05, 3.63) is 41.0 Å². The fourth-order valence-electron chi connectivity index (χ4n) is 6.32. The summed E-state index contributed by atoms with van der Waals surface area (Å²) in [5.41, 5.74) is 3.66. The zero-order valence-corrected chi connectivity index (χ0v) is 31.6. The van der Waals surface area contributed by atoms with E-state index in [0.29, 0.717) is 19.7 Å². The van der Waals surface area contributed by atoms with Crippen LogP contribution >= 0.6 is 11.3 Å². The van der Waals surface area contributed by atoms with Gasteiger partial charge in [0, 0.05) is 26.1 Å². The molecule has 2 unspecified atom stereocenters. The van der Waals surface area contributed by atoms with Crippen molar-refractivity contribution in [2.24, 2.45) is 11.3 Å². The first-order valence-corrected chi connectivity index (χ1v) is 18.5. The number of nitrogens with zero attached hydrogens (tertiary/aromatic N) is 3. The minimum absolute atomic E-state index is 0.00441. The van der Waals surface area contributed by atoms with E-state index in [9.17, 15) is 24.3 Å². The molecule has 4 rings (SSSR count). The Morgan fingerprint density at radius 2 is 1.70 bits per heavy atom. The van der Waals surface area contributed by atoms with E-state index >= 15 is 0 Å². The van der Waals surface area contributed by atoms with Gasteiger partial charge in [0.15, 0.2) is 0 Å². The molecule has 2 fully saturated rings. The molecule has 0 bridgehead atoms. The van der Waals surface area contributed by atoms with Gasteiger partial charge in [-0.1, -0.05) is 52.0 Å². The van der Waals surface area contributed by atoms with E-state index in [-0.39, 0.29) is 43.5 Å². The van der Waals surface area contributed by atoms with Crippen LogP contribution < -0.4 is 10.6 Å². The molecular formula is C37H55N5O7S. The average Bonchev–Trinajstić information content (AvgIpc) is 3.69. The van der Waals surface area contributed by atoms with Crippen molar-refractivity contribution >= 4 is 35.2 Å². The summed E-state index contributed by atoms with van der Waals surface area (Å²) < 4.78 is 11.2. The normalized spacial score (nSPS) is 19.9. The molecule has 2 saturated heterocycles. The van der Waals surface area contributed by atoms with Crippen molar-refractivity contribution < 1.29 is 33.8 Å². The Hall–Kier alpha value is -3.55. The number of aryl methyl sites for hydroxylation is 1. The van der Waals surface area contributed by atoms with Gasteiger partial charge in [-0.15, -0.1) is 11.3 Å². The molecule has 13 heteroatoms. The summed E-state index contributed by atoms with van der Waals surface area (Å²) in [6.07, 6.45) is 1.25. The molecular weight excluding hydrogens is 659 g/mol. The highest BCUT2D eigenvalue weighted by molar-refractivity contribution is 7.13. The lowest BCUT2D eigenvalue weighted by Crippen LogP contribution is -2.58. The number of aromatic nitrogens is 1. The third-order valence-electron chi connectivity index (χ3n) is 9.14. The number of likely N-dealkylation sites (tertiary alicyclic amines) is 2. The molecule has 3 heterocycles. The van der Waals surface area contributed by atoms with Gasteiger partial charge in [0.05, 0.1) is 34.8 Å². The summed E-state index contributed by atoms with van der Waals surface area (Å²) in [4.78, 5) is 61.6. The first kappa shape index (κ1) is 39.2. The van der Waals surface area contributed by atoms with Crippen molar-refractivity contribution in [2.75, 3.05) is 32.8 Å². The SMILES string of the molecule is CCc1ncsc1-c1ccc(C(C)NC(=O)[C@@H]2C[C@@H](O)CN2C(=O)C(NC(=O)COCC2CCN(C(=O)OC(C)(C)C)CC2)C(C)(C)C)cc1. The zero-order valence-electron chi connectivity index (χ0n) is 30.8. The largest absolute Gasteiger partial charge is 0.444 e. The van der Waals surface area contributed by atoms with Crippen LogP contribution in [0.4, 0.5) is 4.79 Å². The van der Waals surface area contributed by atoms with Crippen molar-refractivity contribution in [3.8, 4) is 10.4 Å². The van der Waals surface area contributed by atoms with Crippen LogP contribution in [0, 0.1) is 11.3 Å². The second-order valence-corrected chi connectivity index (χ2v) is 16.4. The lowest BCUT2D eigenvalue weighted by Gasteiger charge is -2.35. The standard InChI is InChI=1S/C37H55N5O7S/c1-9-28-31(50-22-38-28)26-12-10-25(11-13-26)23(2)39-33(45)29-18-27(43)19-42(29)34(46)32(36(3,4)5)40-30(44)21-48-20-24-14-16-41(17-15-24)35(47)49-37(6,7)8/h10-13,22-24,27,29,32,43H,9,14-21H2,1-8H3,(H,39,45)(H,40,44)/t23?,27-,29+,32?/m1/s1. The molecule has 276 valence electrons. The molecule has 0 radical (unpaired) electrons. The minimum atomic E-state index is -0.944. The molecule has 50 heavy (non-hydrogen) atoms. The number of carbonyl (C=O) groups is 4. The van der Waals surface area contributed by atoms with Gasteiger partial charge in [-0.05, 0) is 69.4 Å². The summed E-state index contributed by atoms with van der Waals surface area (Å²) in [6.45, 7) is 16.3. The number of amides is 4. The number of β-amino-alcohol motifs (C(OH)–C–C–N with tert-alkyl or cyclic N) is 1. The fourth-order valence-corrected chi connectivity index (χ4v) is 7.21. The number of nitrogens with one attached hydrogen (secondary N) is 2. The Morgan fingerprint density at radius 1 is 1.04 bits per heavy atom. The van der Waals surface area contributed by atoms with Gasteiger partial charge in [0.1, 0.15) is 24.3 Å². The van der Waals surface area contributed by atoms with Crippen LogP contribution in [0.25, 0.3) is 10.4 Å². The number of hydrogen-bond donors (Lipinski definition) is 3. The quantitative estimate of drug-likeness (QED) is 0.303. The van der Waals surface area contributed by atoms with E-state index in [0.717, 1.165) is 41.0 Å². The van der Waals surface area contributed by atoms with Crippen LogP contribution in [0.1, 0.15) is 92.0 Å². The Balaban J connectivity index is 1.30. The zero-order chi connectivity index (χ0) is 36.8. The first-order valence-electron chi connectivity index (χ1n) is 17.6. The molecule has 0 aliphatic carbocycles. The van der Waals surface area contributed by atoms with Gasteiger partial charge < -0.3 is 35.0 Å². The van der Waals surface area contributed by atoms with Gasteiger partial charge in [-0.3, -0.25) is 14.4 Å². The molecule has 2 aliphatic rings. The lowest BCUT2D eigenvalue weighted by molar-refractivity contribution is -0.144. The number of rotatable bonds is 11. The summed E-state index contributed by atoms with van der Waals surface area (Å²) >= 11 is 1.60. The van der Waals surface area contributed by atoms with Crippen molar-refractivity contribution in [2.45, 2.75) is 111 Å². The smallest absolute Gasteiger partial charge is 0.410 e. The number of piperidine rings is 1. The second kappa shape index (κ2) is 16.6. The maximum absolute atomic E-state index is 14.0. The topological polar surface area (TPSA) is 150 Å². The van der Waals surface area contributed by atoms with Crippen LogP contribution in [0.2, 0.25) is 0 Å². The minimum Gasteiger partial charge on any atom is -0.444 e. The fraction of sp³-hybridized carbons (Fsp3) is 0.649. The number of aliphatic hydroxyl groups excluding tert-OH is 1. The Morgan fingerprint density at radius 3 is 2.30 bits per heavy atom. The van der Waals surface area contributed by atoms with Crippen LogP contribution in [-0.2, 0) is 30.3 Å². The maximum Gasteiger partial charge on any atom is 0.410 e. The van der Waals surface area contributed by atoms with Gasteiger partial charge in [0.2, 0.25) is 17.7 Å². The predicted molar refractivity (Wildman–Crippen MR) is 192 cm³/mol. The number of aliphatic hydroxyl groups is 1. The van der Waals surface area contributed by atoms with E-state index < -0.39 is 41.0 Å². The van der Waals surface area contributed by atoms with Crippen molar-refractivity contribution in [1.82, 2.24) is 25.4 Å². The maximum atomic E-state index is 14.0. The first-order chi connectivity index (χ1) is 23.5. The van der Waals surface area contributed by atoms with E-state index in [2.05, 4.69) is 22.5 Å². The van der Waals surface area contributed by atoms with Crippen molar-refractivity contribution in [1.29, 1.82) is 0 Å². The molecule has 1 aromatic heterocycles. The van der Waals surface area contributed by atoms with Crippen LogP contribution in [0.15, 0.2) is 29.8 Å². The van der Waals surface area contributed by atoms with Gasteiger partial charge >= 0.3 is 6.09 Å². The third-order valence-corrected chi connectivity index (χ3v) is 10.1. The van der Waals surface area contributed by atoms with E-state index in [1.54, 1.807) is 16.2 Å². The molecule has 0 saturated carbocycles. The van der Waals surface area contributed by atoms with Gasteiger partial charge in [-0.2, -0.15) is 0 Å². The number of hydrogen-bond acceptors (Lipinski definition) is 9. The number of benzene rings is 1. The summed E-state index contributed by atoms with van der Waals surface area (Å²) in [7, 11) is 0. The Kier molecular flexibility index (Phi) is 13.1. The monoisotopic (exact) mass is 713 g/mol. The van der Waals surface area contributed by atoms with Crippen molar-refractivity contribution in [3.63, 3.8) is 0 Å². The number of thiazole rings is 1. The number of ether oxygens (including phenoxy) is 2. The molecule has 2 aromatic rings. The van der Waals surface area contributed by atoms with Gasteiger partial charge in [0.25, 0.3) is 0 Å². The van der Waals surface area contributed by atoms with E-state index in [4.69, 9.17) is 9.47 Å². The lowest BCUT2D eigenvalue weighted by atomic mass is 9.85. The highest BCUT2D eigenvalue weighted by Gasteiger charge is 2.44. The summed E-state index contributed by atoms with van der Waals surface area (Å²) in [5.74, 6) is -1.03. The number of carbonyl (C=O) groups excluding carboxylic acids is 4. The molecule has 3 N–H and O–H groups in total. The molecule has 4 amide bonds. The Bertz CT molecular complexity index is 1470. The average molecular weight is 714 g/mol. The predicted octanol–water partition coefficient (Wildman–Crippen LogP) is 4.71. The summed E-state index contributed by atoms with van der Waals surface area (Å²) in [6, 6.07) is 5.84.